The number of hydrogen-bond acceptors (Lipinski definition) is 9. The SMILES string of the molecule is CC[C@@]1(O)C(=O)OCc2c1cc1n(c2=O)Cc2c-1nc1ccccc1c2C=NOS(=O)(=O)c1ccc(C)cc1. The van der Waals surface area contributed by atoms with Gasteiger partial charge in [0.1, 0.15) is 11.5 Å². The van der Waals surface area contributed by atoms with Crippen LogP contribution in [0.15, 0.2) is 69.4 Å². The van der Waals surface area contributed by atoms with E-state index in [0.29, 0.717) is 33.4 Å². The third kappa shape index (κ3) is 3.84. The molecule has 11 heteroatoms. The Morgan fingerprint density at radius 1 is 1.15 bits per heavy atom. The van der Waals surface area contributed by atoms with E-state index in [1.54, 1.807) is 31.2 Å². The third-order valence-corrected chi connectivity index (χ3v) is 8.40. The molecule has 0 amide bonds. The summed E-state index contributed by atoms with van der Waals surface area (Å²) in [5.74, 6) is -0.800. The molecule has 4 aromatic rings. The van der Waals surface area contributed by atoms with E-state index >= 15 is 0 Å². The van der Waals surface area contributed by atoms with Crippen molar-refractivity contribution in [2.24, 2.45) is 5.16 Å². The lowest BCUT2D eigenvalue weighted by Gasteiger charge is -2.31. The molecular formula is C28H23N3O7S. The molecule has 1 atom stereocenters. The topological polar surface area (TPSA) is 137 Å². The average molecular weight is 546 g/mol. The van der Waals surface area contributed by atoms with Gasteiger partial charge in [0.2, 0.25) is 0 Å². The molecule has 1 N–H and O–H groups in total. The molecule has 0 saturated carbocycles. The molecule has 6 rings (SSSR count). The Hall–Kier alpha value is -4.35. The van der Waals surface area contributed by atoms with Gasteiger partial charge >= 0.3 is 16.1 Å². The highest BCUT2D eigenvalue weighted by atomic mass is 32.2. The Kier molecular flexibility index (Phi) is 5.67. The number of para-hydroxylation sites is 1. The van der Waals surface area contributed by atoms with Gasteiger partial charge in [-0.2, -0.15) is 8.42 Å². The van der Waals surface area contributed by atoms with Crippen LogP contribution in [0.4, 0.5) is 0 Å². The maximum absolute atomic E-state index is 13.5. The number of fused-ring (bicyclic) bond motifs is 5. The van der Waals surface area contributed by atoms with Crippen LogP contribution in [0, 0.1) is 6.92 Å². The number of esters is 1. The molecule has 4 heterocycles. The van der Waals surface area contributed by atoms with Crippen molar-refractivity contribution in [3.8, 4) is 11.4 Å². The first-order valence-electron chi connectivity index (χ1n) is 12.3. The monoisotopic (exact) mass is 545 g/mol. The standard InChI is InChI=1S/C28H23N3O7S/c1-3-28(34)22-12-24-25-20(14-31(24)26(32)21(22)15-37-27(28)33)19(18-6-4-5-7-23(18)30-25)13-29-38-39(35,36)17-10-8-16(2)9-11-17/h4-13,34H,3,14-15H2,1-2H3/t28-/m0/s1. The van der Waals surface area contributed by atoms with Gasteiger partial charge in [-0.3, -0.25) is 9.08 Å². The number of hydrogen-bond donors (Lipinski definition) is 1. The minimum absolute atomic E-state index is 0.0280. The maximum atomic E-state index is 13.5. The fraction of sp³-hybridized carbons (Fsp3) is 0.214. The van der Waals surface area contributed by atoms with Crippen molar-refractivity contribution in [3.63, 3.8) is 0 Å². The second-order valence-corrected chi connectivity index (χ2v) is 11.1. The average Bonchev–Trinajstić information content (AvgIpc) is 3.29. The summed E-state index contributed by atoms with van der Waals surface area (Å²) in [7, 11) is -4.15. The lowest BCUT2D eigenvalue weighted by atomic mass is 9.86. The molecule has 0 spiro atoms. The number of pyridine rings is 2. The molecule has 0 fully saturated rings. The van der Waals surface area contributed by atoms with Crippen LogP contribution in [-0.4, -0.2) is 35.3 Å². The molecule has 0 radical (unpaired) electrons. The van der Waals surface area contributed by atoms with Gasteiger partial charge in [-0.25, -0.2) is 9.78 Å². The van der Waals surface area contributed by atoms with Crippen LogP contribution in [0.5, 0.6) is 0 Å². The van der Waals surface area contributed by atoms with Crippen LogP contribution in [0.1, 0.15) is 41.2 Å². The van der Waals surface area contributed by atoms with Crippen LogP contribution < -0.4 is 5.56 Å². The molecular weight excluding hydrogens is 522 g/mol. The van der Waals surface area contributed by atoms with Crippen LogP contribution in [-0.2, 0) is 42.7 Å². The summed E-state index contributed by atoms with van der Waals surface area (Å²) in [5.41, 5.74) is 1.64. The zero-order valence-corrected chi connectivity index (χ0v) is 21.9. The third-order valence-electron chi connectivity index (χ3n) is 7.27. The van der Waals surface area contributed by atoms with Gasteiger partial charge in [0.25, 0.3) is 5.56 Å². The van der Waals surface area contributed by atoms with Crippen LogP contribution >= 0.6 is 0 Å². The molecule has 0 unspecified atom stereocenters. The van der Waals surface area contributed by atoms with Gasteiger partial charge < -0.3 is 14.4 Å². The van der Waals surface area contributed by atoms with Gasteiger partial charge in [-0.05, 0) is 37.6 Å². The van der Waals surface area contributed by atoms with Crippen LogP contribution in [0.25, 0.3) is 22.3 Å². The number of carbonyl (C=O) groups excluding carboxylic acids is 1. The first-order valence-corrected chi connectivity index (χ1v) is 13.7. The molecule has 2 aliphatic heterocycles. The van der Waals surface area contributed by atoms with E-state index in [2.05, 4.69) is 5.16 Å². The van der Waals surface area contributed by atoms with Gasteiger partial charge in [0, 0.05) is 22.1 Å². The largest absolute Gasteiger partial charge is 0.458 e. The van der Waals surface area contributed by atoms with Crippen molar-refractivity contribution in [1.82, 2.24) is 9.55 Å². The predicted octanol–water partition coefficient (Wildman–Crippen LogP) is 3.13. The second kappa shape index (κ2) is 8.85. The van der Waals surface area contributed by atoms with E-state index in [4.69, 9.17) is 14.0 Å². The van der Waals surface area contributed by atoms with Gasteiger partial charge in [0.05, 0.1) is 35.2 Å². The van der Waals surface area contributed by atoms with E-state index in [1.807, 2.05) is 25.1 Å². The zero-order chi connectivity index (χ0) is 27.5. The molecule has 2 aliphatic rings. The van der Waals surface area contributed by atoms with E-state index in [-0.39, 0.29) is 35.6 Å². The highest BCUT2D eigenvalue weighted by molar-refractivity contribution is 7.86. The number of ether oxygens (including phenoxy) is 1. The molecule has 39 heavy (non-hydrogen) atoms. The molecule has 198 valence electrons. The molecule has 0 aliphatic carbocycles. The van der Waals surface area contributed by atoms with Crippen molar-refractivity contribution in [3.05, 3.63) is 92.8 Å². The first kappa shape index (κ1) is 25.0. The summed E-state index contributed by atoms with van der Waals surface area (Å²) in [6.45, 7) is 3.37. The number of nitrogens with zero attached hydrogens (tertiary/aromatic N) is 3. The van der Waals surface area contributed by atoms with E-state index in [1.165, 1.54) is 22.9 Å². The number of rotatable bonds is 5. The van der Waals surface area contributed by atoms with Crippen LogP contribution in [0.2, 0.25) is 0 Å². The Balaban J connectivity index is 1.48. The smallest absolute Gasteiger partial charge is 0.358 e. The van der Waals surface area contributed by atoms with Gasteiger partial charge in [-0.15, -0.1) is 0 Å². The summed E-state index contributed by atoms with van der Waals surface area (Å²) >= 11 is 0. The predicted molar refractivity (Wildman–Crippen MR) is 142 cm³/mol. The Morgan fingerprint density at radius 3 is 2.64 bits per heavy atom. The lowest BCUT2D eigenvalue weighted by molar-refractivity contribution is -0.172. The quantitative estimate of drug-likeness (QED) is 0.202. The Labute approximate surface area is 223 Å². The molecule has 0 bridgehead atoms. The van der Waals surface area contributed by atoms with E-state index < -0.39 is 27.2 Å². The second-order valence-electron chi connectivity index (χ2n) is 9.55. The van der Waals surface area contributed by atoms with Crippen molar-refractivity contribution in [2.75, 3.05) is 0 Å². The lowest BCUT2D eigenvalue weighted by Crippen LogP contribution is -2.44. The minimum Gasteiger partial charge on any atom is -0.458 e. The summed E-state index contributed by atoms with van der Waals surface area (Å²) < 4.78 is 36.9. The number of aromatic nitrogens is 2. The van der Waals surface area contributed by atoms with E-state index in [9.17, 15) is 23.1 Å². The Morgan fingerprint density at radius 2 is 1.90 bits per heavy atom. The number of aryl methyl sites for hydroxylation is 1. The number of aliphatic hydroxyl groups is 1. The molecule has 10 nitrogen and oxygen atoms in total. The maximum Gasteiger partial charge on any atom is 0.358 e. The van der Waals surface area contributed by atoms with E-state index in [0.717, 1.165) is 5.56 Å². The van der Waals surface area contributed by atoms with Crippen molar-refractivity contribution < 1.29 is 27.3 Å². The first-order chi connectivity index (χ1) is 18.6. The number of benzene rings is 2. The highest BCUT2D eigenvalue weighted by Gasteiger charge is 2.45. The van der Waals surface area contributed by atoms with Crippen molar-refractivity contribution in [2.45, 2.75) is 43.9 Å². The number of carbonyl (C=O) groups is 1. The summed E-state index contributed by atoms with van der Waals surface area (Å²) in [5, 5.41) is 15.6. The molecule has 2 aromatic heterocycles. The van der Waals surface area contributed by atoms with Gasteiger partial charge in [0.15, 0.2) is 5.60 Å². The number of oxime groups is 1. The summed E-state index contributed by atoms with van der Waals surface area (Å²) in [6, 6.07) is 15.1. The van der Waals surface area contributed by atoms with Crippen LogP contribution in [0.3, 0.4) is 0 Å². The van der Waals surface area contributed by atoms with Gasteiger partial charge in [-0.1, -0.05) is 48.0 Å². The number of cyclic esters (lactones) is 1. The Bertz CT molecular complexity index is 1880. The van der Waals surface area contributed by atoms with Crippen molar-refractivity contribution >= 4 is 33.2 Å². The minimum atomic E-state index is -4.15. The summed E-state index contributed by atoms with van der Waals surface area (Å²) in [4.78, 5) is 30.7. The fourth-order valence-electron chi connectivity index (χ4n) is 5.09. The fourth-order valence-corrected chi connectivity index (χ4v) is 5.80. The van der Waals surface area contributed by atoms with Crippen molar-refractivity contribution in [1.29, 1.82) is 0 Å². The summed E-state index contributed by atoms with van der Waals surface area (Å²) in [6.07, 6.45) is 1.34. The normalized spacial score (nSPS) is 18.1. The highest BCUT2D eigenvalue weighted by Crippen LogP contribution is 2.39. The molecule has 2 aromatic carbocycles. The molecule has 0 saturated heterocycles. The zero-order valence-electron chi connectivity index (χ0n) is 21.0.